The van der Waals surface area contributed by atoms with E-state index in [9.17, 15) is 15.3 Å². The molecule has 11 nitrogen and oxygen atoms in total. The molecular weight excluding hydrogens is 727 g/mol. The van der Waals surface area contributed by atoms with E-state index in [0.717, 1.165) is 37.9 Å². The average Bonchev–Trinajstić information content (AvgIpc) is 3.73. The molecule has 292 valence electrons. The molecule has 0 amide bonds. The van der Waals surface area contributed by atoms with E-state index in [2.05, 4.69) is 113 Å². The molecular formula is C42H55N5O6Si2. The Morgan fingerprint density at radius 2 is 1.51 bits per heavy atom. The van der Waals surface area contributed by atoms with Gasteiger partial charge in [-0.25, -0.2) is 15.0 Å². The van der Waals surface area contributed by atoms with Gasteiger partial charge in [-0.2, -0.15) is 0 Å². The summed E-state index contributed by atoms with van der Waals surface area (Å²) in [5.74, 6) is 0.401. The highest BCUT2D eigenvalue weighted by Crippen LogP contribution is 2.47. The van der Waals surface area contributed by atoms with Crippen LogP contribution in [0.1, 0.15) is 77.5 Å². The van der Waals surface area contributed by atoms with Crippen LogP contribution in [0.15, 0.2) is 61.2 Å². The third-order valence-corrected chi connectivity index (χ3v) is 22.2. The van der Waals surface area contributed by atoms with Crippen molar-refractivity contribution in [2.24, 2.45) is 0 Å². The van der Waals surface area contributed by atoms with Crippen molar-refractivity contribution in [1.29, 1.82) is 0 Å². The first kappa shape index (κ1) is 38.3. The predicted octanol–water partition coefficient (Wildman–Crippen LogP) is 8.35. The first-order chi connectivity index (χ1) is 25.8. The van der Waals surface area contributed by atoms with Crippen molar-refractivity contribution in [2.75, 3.05) is 11.9 Å². The van der Waals surface area contributed by atoms with Crippen LogP contribution >= 0.6 is 0 Å². The Kier molecular flexibility index (Phi) is 9.25. The summed E-state index contributed by atoms with van der Waals surface area (Å²) >= 11 is 0. The Labute approximate surface area is 324 Å². The second kappa shape index (κ2) is 13.3. The standard InChI is InChI=1S/C42H55N5O6Si2/c1-41(2,3)54(7,8)51-20-29-28(53-55(9,10)42(4,5)6)19-30(52-29)47-22-45-35-39(43-21-44-40(35)47)46-34-33-26-17-16-24-13-11-12-23-14-15-25(32(26)31(23)24)18-27(33)36(48)38(50)37(34)49/h11-18,21-22,28-30,34,36-38,48-50H,19-20H2,1-10H3,(H,43,44,46)/t28-,29+,30+,34-,36+,37+,38-/m0/s1. The highest BCUT2D eigenvalue weighted by Gasteiger charge is 2.47. The van der Waals surface area contributed by atoms with Crippen molar-refractivity contribution in [3.8, 4) is 0 Å². The number of fused-ring (bicyclic) bond motifs is 3. The number of hydrogen-bond acceptors (Lipinski definition) is 10. The Balaban J connectivity index is 1.15. The van der Waals surface area contributed by atoms with Crippen LogP contribution < -0.4 is 5.32 Å². The van der Waals surface area contributed by atoms with Gasteiger partial charge in [-0.05, 0) is 85.8 Å². The van der Waals surface area contributed by atoms with Crippen molar-refractivity contribution in [1.82, 2.24) is 19.5 Å². The molecule has 2 aliphatic rings. The van der Waals surface area contributed by atoms with Gasteiger partial charge in [0.05, 0.1) is 25.1 Å². The zero-order valence-corrected chi connectivity index (χ0v) is 35.6. The summed E-state index contributed by atoms with van der Waals surface area (Å²) in [5.41, 5.74) is 2.36. The zero-order valence-electron chi connectivity index (χ0n) is 33.6. The van der Waals surface area contributed by atoms with Crippen LogP contribution in [0.2, 0.25) is 36.3 Å². The molecule has 6 aromatic rings. The first-order valence-electron chi connectivity index (χ1n) is 19.4. The molecule has 4 N–H and O–H groups in total. The fraction of sp³-hybridized carbons (Fsp3) is 0.500. The lowest BCUT2D eigenvalue weighted by Crippen LogP contribution is -2.48. The molecule has 7 atom stereocenters. The number of nitrogens with one attached hydrogen (secondary N) is 1. The second-order valence-corrected chi connectivity index (χ2v) is 28.2. The lowest BCUT2D eigenvalue weighted by Gasteiger charge is -2.40. The number of aliphatic hydroxyl groups is 3. The van der Waals surface area contributed by atoms with Crippen LogP contribution in [0.25, 0.3) is 43.5 Å². The van der Waals surface area contributed by atoms with Gasteiger partial charge in [-0.15, -0.1) is 0 Å². The van der Waals surface area contributed by atoms with Crippen molar-refractivity contribution in [3.05, 3.63) is 72.3 Å². The normalized spacial score (nSPS) is 25.4. The summed E-state index contributed by atoms with van der Waals surface area (Å²) in [6.07, 6.45) is -1.09. The maximum absolute atomic E-state index is 11.6. The van der Waals surface area contributed by atoms with Crippen LogP contribution in [-0.2, 0) is 13.6 Å². The Morgan fingerprint density at radius 3 is 2.20 bits per heavy atom. The minimum Gasteiger partial charge on any atom is -0.414 e. The molecule has 0 spiro atoms. The van der Waals surface area contributed by atoms with E-state index in [1.54, 1.807) is 6.33 Å². The third kappa shape index (κ3) is 6.36. The molecule has 1 saturated heterocycles. The molecule has 2 aromatic heterocycles. The molecule has 3 heterocycles. The summed E-state index contributed by atoms with van der Waals surface area (Å²) < 4.78 is 22.5. The molecule has 0 bridgehead atoms. The number of aliphatic hydroxyl groups excluding tert-OH is 3. The summed E-state index contributed by atoms with van der Waals surface area (Å²) in [6, 6.07) is 15.6. The Hall–Kier alpha value is -3.54. The minimum absolute atomic E-state index is 0.0211. The van der Waals surface area contributed by atoms with E-state index in [4.69, 9.17) is 18.6 Å². The van der Waals surface area contributed by atoms with Crippen LogP contribution in [-0.4, -0.2) is 82.5 Å². The molecule has 55 heavy (non-hydrogen) atoms. The molecule has 1 fully saturated rings. The number of rotatable bonds is 8. The van der Waals surface area contributed by atoms with E-state index in [1.807, 2.05) is 22.8 Å². The maximum Gasteiger partial charge on any atom is 0.192 e. The number of aromatic nitrogens is 4. The van der Waals surface area contributed by atoms with Gasteiger partial charge in [0, 0.05) is 6.42 Å². The van der Waals surface area contributed by atoms with Gasteiger partial charge < -0.3 is 34.2 Å². The van der Waals surface area contributed by atoms with Gasteiger partial charge in [-0.1, -0.05) is 84.0 Å². The fourth-order valence-corrected chi connectivity index (χ4v) is 10.2. The molecule has 1 aliphatic heterocycles. The van der Waals surface area contributed by atoms with E-state index in [-0.39, 0.29) is 22.3 Å². The van der Waals surface area contributed by atoms with Crippen molar-refractivity contribution < 1.29 is 28.9 Å². The van der Waals surface area contributed by atoms with Gasteiger partial charge in [0.15, 0.2) is 33.6 Å². The highest BCUT2D eigenvalue weighted by molar-refractivity contribution is 6.74. The van der Waals surface area contributed by atoms with Gasteiger partial charge >= 0.3 is 0 Å². The minimum atomic E-state index is -2.16. The van der Waals surface area contributed by atoms with E-state index in [1.165, 1.54) is 6.33 Å². The molecule has 1 aliphatic carbocycles. The second-order valence-electron chi connectivity index (χ2n) is 18.7. The SMILES string of the molecule is CC(C)(C)[Si](C)(C)OC[C@H]1O[C@@H](n2cnc3c(N[C@H]4c5c(cc6ccc7cccc8ccc5c6c78)[C@@H](O)[C@H](O)[C@@H]4O)ncnc32)C[C@@H]1O[Si](C)(C)C(C)(C)C. The predicted molar refractivity (Wildman–Crippen MR) is 223 cm³/mol. The number of hydrogen-bond donors (Lipinski definition) is 4. The molecule has 0 unspecified atom stereocenters. The molecule has 0 saturated carbocycles. The number of anilines is 1. The van der Waals surface area contributed by atoms with Crippen molar-refractivity contribution in [3.63, 3.8) is 0 Å². The summed E-state index contributed by atoms with van der Waals surface area (Å²) in [6.45, 7) is 23.0. The van der Waals surface area contributed by atoms with Gasteiger partial charge in [0.25, 0.3) is 0 Å². The monoisotopic (exact) mass is 781 g/mol. The van der Waals surface area contributed by atoms with Crippen LogP contribution in [0.5, 0.6) is 0 Å². The van der Waals surface area contributed by atoms with E-state index in [0.29, 0.717) is 35.6 Å². The molecule has 4 aromatic carbocycles. The maximum atomic E-state index is 11.6. The zero-order chi connectivity index (χ0) is 39.4. The fourth-order valence-electron chi connectivity index (χ4n) is 7.87. The Morgan fingerprint density at radius 1 is 0.836 bits per heavy atom. The van der Waals surface area contributed by atoms with Gasteiger partial charge in [0.2, 0.25) is 0 Å². The van der Waals surface area contributed by atoms with E-state index >= 15 is 0 Å². The largest absolute Gasteiger partial charge is 0.414 e. The number of nitrogens with zero attached hydrogens (tertiary/aromatic N) is 4. The smallest absolute Gasteiger partial charge is 0.192 e. The quantitative estimate of drug-likeness (QED) is 0.0879. The number of imidazole rings is 1. The van der Waals surface area contributed by atoms with Crippen molar-refractivity contribution >= 4 is 65.9 Å². The topological polar surface area (TPSA) is 144 Å². The van der Waals surface area contributed by atoms with E-state index < -0.39 is 47.2 Å². The third-order valence-electron chi connectivity index (χ3n) is 13.2. The summed E-state index contributed by atoms with van der Waals surface area (Å²) in [7, 11) is -4.22. The summed E-state index contributed by atoms with van der Waals surface area (Å²) in [4.78, 5) is 14.1. The highest BCUT2D eigenvalue weighted by atomic mass is 28.4. The first-order valence-corrected chi connectivity index (χ1v) is 25.2. The van der Waals surface area contributed by atoms with Crippen molar-refractivity contribution in [2.45, 2.75) is 127 Å². The Bertz CT molecular complexity index is 2370. The molecule has 8 rings (SSSR count). The van der Waals surface area contributed by atoms with Crippen LogP contribution in [0, 0.1) is 0 Å². The van der Waals surface area contributed by atoms with Gasteiger partial charge in [0.1, 0.15) is 37.0 Å². The van der Waals surface area contributed by atoms with Crippen LogP contribution in [0.4, 0.5) is 5.82 Å². The summed E-state index contributed by atoms with van der Waals surface area (Å²) in [5, 5.41) is 44.0. The number of benzene rings is 4. The van der Waals surface area contributed by atoms with Crippen LogP contribution in [0.3, 0.4) is 0 Å². The average molecular weight is 782 g/mol. The molecule has 0 radical (unpaired) electrons. The van der Waals surface area contributed by atoms with Gasteiger partial charge in [-0.3, -0.25) is 4.57 Å². The number of ether oxygens (including phenoxy) is 1. The lowest BCUT2D eigenvalue weighted by molar-refractivity contribution is -0.0766. The lowest BCUT2D eigenvalue weighted by atomic mass is 9.77. The molecule has 13 heteroatoms.